The van der Waals surface area contributed by atoms with Crippen LogP contribution in [0.25, 0.3) is 10.8 Å². The zero-order valence-electron chi connectivity index (χ0n) is 8.48. The minimum atomic E-state index is 1.12. The van der Waals surface area contributed by atoms with E-state index < -0.39 is 0 Å². The van der Waals surface area contributed by atoms with Gasteiger partial charge in [-0.2, -0.15) is 0 Å². The summed E-state index contributed by atoms with van der Waals surface area (Å²) in [6.45, 7) is 3.63. The van der Waals surface area contributed by atoms with Gasteiger partial charge in [-0.15, -0.1) is 0 Å². The number of hydrogen-bond acceptors (Lipinski definition) is 1. The molecule has 74 valence electrons. The number of allylic oxidation sites excluding steroid dienone is 2. The monoisotopic (exact) mass is 195 g/mol. The molecule has 0 spiro atoms. The van der Waals surface area contributed by atoms with Gasteiger partial charge < -0.3 is 5.32 Å². The number of nitrogens with one attached hydrogen (secondary N) is 1. The second-order valence-corrected chi connectivity index (χ2v) is 3.27. The molecule has 2 aromatic carbocycles. The average Bonchev–Trinajstić information content (AvgIpc) is 2.30. The van der Waals surface area contributed by atoms with Crippen LogP contribution >= 0.6 is 0 Å². The highest BCUT2D eigenvalue weighted by molar-refractivity contribution is 5.94. The quantitative estimate of drug-likeness (QED) is 0.731. The fraction of sp³-hybridized carbons (Fsp3) is 0. The zero-order chi connectivity index (χ0) is 10.5. The summed E-state index contributed by atoms with van der Waals surface area (Å²) in [7, 11) is 0. The molecule has 0 radical (unpaired) electrons. The van der Waals surface area contributed by atoms with Gasteiger partial charge in [-0.25, -0.2) is 0 Å². The van der Waals surface area contributed by atoms with Crippen LogP contribution in [0, 0.1) is 0 Å². The Kier molecular flexibility index (Phi) is 2.84. The van der Waals surface area contributed by atoms with Crippen molar-refractivity contribution in [3.63, 3.8) is 0 Å². The van der Waals surface area contributed by atoms with E-state index in [1.54, 1.807) is 6.08 Å². The summed E-state index contributed by atoms with van der Waals surface area (Å²) in [5.74, 6) is 0. The van der Waals surface area contributed by atoms with Gasteiger partial charge in [0, 0.05) is 17.3 Å². The van der Waals surface area contributed by atoms with Crippen LogP contribution in [0.2, 0.25) is 0 Å². The van der Waals surface area contributed by atoms with Crippen molar-refractivity contribution in [2.75, 3.05) is 5.32 Å². The van der Waals surface area contributed by atoms with Crippen LogP contribution in [0.3, 0.4) is 0 Å². The van der Waals surface area contributed by atoms with Gasteiger partial charge in [0.05, 0.1) is 0 Å². The highest BCUT2D eigenvalue weighted by Crippen LogP contribution is 2.22. The van der Waals surface area contributed by atoms with E-state index in [-0.39, 0.29) is 0 Å². The van der Waals surface area contributed by atoms with E-state index in [0.29, 0.717) is 0 Å². The Bertz CT molecular complexity index is 492. The minimum absolute atomic E-state index is 1.12. The van der Waals surface area contributed by atoms with E-state index in [9.17, 15) is 0 Å². The van der Waals surface area contributed by atoms with Crippen LogP contribution in [-0.4, -0.2) is 0 Å². The lowest BCUT2D eigenvalue weighted by molar-refractivity contribution is 1.62. The van der Waals surface area contributed by atoms with E-state index in [4.69, 9.17) is 0 Å². The van der Waals surface area contributed by atoms with E-state index in [2.05, 4.69) is 36.2 Å². The van der Waals surface area contributed by atoms with Gasteiger partial charge in [0.2, 0.25) is 0 Å². The lowest BCUT2D eigenvalue weighted by atomic mass is 10.1. The summed E-state index contributed by atoms with van der Waals surface area (Å²) in [4.78, 5) is 0. The van der Waals surface area contributed by atoms with Crippen LogP contribution in [-0.2, 0) is 0 Å². The summed E-state index contributed by atoms with van der Waals surface area (Å²) < 4.78 is 0. The van der Waals surface area contributed by atoms with Crippen molar-refractivity contribution in [2.45, 2.75) is 0 Å². The molecule has 0 heterocycles. The van der Waals surface area contributed by atoms with Gasteiger partial charge in [0.15, 0.2) is 0 Å². The van der Waals surface area contributed by atoms with Gasteiger partial charge in [0.1, 0.15) is 0 Å². The smallest absolute Gasteiger partial charge is 0.0459 e. The summed E-state index contributed by atoms with van der Waals surface area (Å²) >= 11 is 0. The third-order valence-corrected chi connectivity index (χ3v) is 2.26. The Balaban J connectivity index is 2.42. The number of rotatable bonds is 3. The first kappa shape index (κ1) is 9.53. The second kappa shape index (κ2) is 4.47. The Morgan fingerprint density at radius 3 is 2.67 bits per heavy atom. The maximum Gasteiger partial charge on any atom is 0.0459 e. The third-order valence-electron chi connectivity index (χ3n) is 2.26. The van der Waals surface area contributed by atoms with Crippen LogP contribution in [0.4, 0.5) is 5.69 Å². The van der Waals surface area contributed by atoms with Gasteiger partial charge in [-0.1, -0.05) is 49.1 Å². The SMILES string of the molecule is C=C/C=C/Nc1cccc2ccccc12. The van der Waals surface area contributed by atoms with Crippen LogP contribution in [0.1, 0.15) is 0 Å². The third kappa shape index (κ3) is 2.08. The number of fused-ring (bicyclic) bond motifs is 1. The van der Waals surface area contributed by atoms with Crippen molar-refractivity contribution in [2.24, 2.45) is 0 Å². The molecular formula is C14H13N. The van der Waals surface area contributed by atoms with Crippen LogP contribution in [0.15, 0.2) is 67.4 Å². The molecular weight excluding hydrogens is 182 g/mol. The molecule has 0 saturated heterocycles. The molecule has 0 atom stereocenters. The molecule has 0 saturated carbocycles. The molecule has 0 aliphatic heterocycles. The standard InChI is InChI=1S/C14H13N/c1-2-3-11-15-14-10-6-8-12-7-4-5-9-13(12)14/h2-11,15H,1H2/b11-3+. The summed E-state index contributed by atoms with van der Waals surface area (Å²) in [6, 6.07) is 14.5. The lowest BCUT2D eigenvalue weighted by Gasteiger charge is -2.05. The maximum atomic E-state index is 3.63. The predicted molar refractivity (Wildman–Crippen MR) is 66.9 cm³/mol. The number of anilines is 1. The van der Waals surface area contributed by atoms with Crippen molar-refractivity contribution in [1.82, 2.24) is 0 Å². The van der Waals surface area contributed by atoms with Gasteiger partial charge >= 0.3 is 0 Å². The summed E-state index contributed by atoms with van der Waals surface area (Å²) in [5.41, 5.74) is 1.12. The van der Waals surface area contributed by atoms with Crippen molar-refractivity contribution in [3.8, 4) is 0 Å². The molecule has 0 bridgehead atoms. The Morgan fingerprint density at radius 1 is 1.00 bits per heavy atom. The van der Waals surface area contributed by atoms with Crippen molar-refractivity contribution >= 4 is 16.5 Å². The molecule has 0 unspecified atom stereocenters. The molecule has 0 aliphatic rings. The lowest BCUT2D eigenvalue weighted by Crippen LogP contribution is -1.87. The minimum Gasteiger partial charge on any atom is -0.361 e. The molecule has 2 rings (SSSR count). The first-order valence-corrected chi connectivity index (χ1v) is 4.93. The maximum absolute atomic E-state index is 3.63. The Labute approximate surface area is 89.7 Å². The van der Waals surface area contributed by atoms with Gasteiger partial charge in [-0.3, -0.25) is 0 Å². The molecule has 15 heavy (non-hydrogen) atoms. The second-order valence-electron chi connectivity index (χ2n) is 3.27. The van der Waals surface area contributed by atoms with Crippen LogP contribution < -0.4 is 5.32 Å². The van der Waals surface area contributed by atoms with Crippen LogP contribution in [0.5, 0.6) is 0 Å². The predicted octanol–water partition coefficient (Wildman–Crippen LogP) is 3.95. The fourth-order valence-electron chi connectivity index (χ4n) is 1.56. The van der Waals surface area contributed by atoms with Crippen molar-refractivity contribution < 1.29 is 0 Å². The summed E-state index contributed by atoms with van der Waals surface area (Å²) in [6.07, 6.45) is 5.51. The Morgan fingerprint density at radius 2 is 1.80 bits per heavy atom. The molecule has 1 nitrogen and oxygen atoms in total. The van der Waals surface area contributed by atoms with E-state index in [1.165, 1.54) is 10.8 Å². The first-order chi connectivity index (χ1) is 7.42. The molecule has 0 fully saturated rings. The van der Waals surface area contributed by atoms with E-state index in [0.717, 1.165) is 5.69 Å². The molecule has 2 aromatic rings. The topological polar surface area (TPSA) is 12.0 Å². The van der Waals surface area contributed by atoms with Gasteiger partial charge in [0.25, 0.3) is 0 Å². The average molecular weight is 195 g/mol. The van der Waals surface area contributed by atoms with Crippen molar-refractivity contribution in [1.29, 1.82) is 0 Å². The van der Waals surface area contributed by atoms with Crippen molar-refractivity contribution in [3.05, 3.63) is 67.4 Å². The highest BCUT2D eigenvalue weighted by Gasteiger charge is 1.96. The molecule has 0 amide bonds. The summed E-state index contributed by atoms with van der Waals surface area (Å²) in [5, 5.41) is 5.71. The first-order valence-electron chi connectivity index (χ1n) is 4.93. The van der Waals surface area contributed by atoms with E-state index in [1.807, 2.05) is 30.5 Å². The molecule has 0 aliphatic carbocycles. The zero-order valence-corrected chi connectivity index (χ0v) is 8.48. The highest BCUT2D eigenvalue weighted by atomic mass is 14.8. The number of benzene rings is 2. The largest absolute Gasteiger partial charge is 0.361 e. The molecule has 1 N–H and O–H groups in total. The van der Waals surface area contributed by atoms with E-state index >= 15 is 0 Å². The molecule has 0 aromatic heterocycles. The Hall–Kier alpha value is -2.02. The molecule has 1 heteroatoms. The number of hydrogen-bond donors (Lipinski definition) is 1. The fourth-order valence-corrected chi connectivity index (χ4v) is 1.56. The van der Waals surface area contributed by atoms with Gasteiger partial charge in [-0.05, 0) is 17.5 Å². The normalized spacial score (nSPS) is 10.7.